The summed E-state index contributed by atoms with van der Waals surface area (Å²) in [7, 11) is 4.77. The number of nitriles is 1. The fourth-order valence-electron chi connectivity index (χ4n) is 2.13. The van der Waals surface area contributed by atoms with E-state index in [9.17, 15) is 5.26 Å². The van der Waals surface area contributed by atoms with E-state index in [4.69, 9.17) is 14.2 Å². The molecule has 0 heterocycles. The third kappa shape index (κ3) is 3.21. The highest BCUT2D eigenvalue weighted by molar-refractivity contribution is 5.91. The van der Waals surface area contributed by atoms with E-state index in [1.165, 1.54) is 0 Å². The zero-order valence-corrected chi connectivity index (χ0v) is 12.8. The van der Waals surface area contributed by atoms with Crippen molar-refractivity contribution in [2.24, 2.45) is 0 Å². The van der Waals surface area contributed by atoms with Crippen LogP contribution in [0.5, 0.6) is 17.2 Å². The Labute approximate surface area is 130 Å². The van der Waals surface area contributed by atoms with Crippen LogP contribution in [0.2, 0.25) is 0 Å². The first-order valence-corrected chi connectivity index (χ1v) is 6.70. The highest BCUT2D eigenvalue weighted by atomic mass is 16.5. The molecule has 0 aliphatic carbocycles. The van der Waals surface area contributed by atoms with Gasteiger partial charge in [0.15, 0.2) is 11.5 Å². The van der Waals surface area contributed by atoms with Crippen LogP contribution in [0.15, 0.2) is 42.5 Å². The number of rotatable bonds is 5. The predicted octanol–water partition coefficient (Wildman–Crippen LogP) is 3.78. The smallest absolute Gasteiger partial charge is 0.167 e. The van der Waals surface area contributed by atoms with E-state index in [-0.39, 0.29) is 0 Å². The fraction of sp³-hybridized carbons (Fsp3) is 0.167. The van der Waals surface area contributed by atoms with E-state index in [1.54, 1.807) is 27.4 Å². The number of methoxy groups -OCH3 is 3. The maximum atomic E-state index is 9.44. The van der Waals surface area contributed by atoms with Gasteiger partial charge >= 0.3 is 0 Å². The van der Waals surface area contributed by atoms with E-state index in [0.717, 1.165) is 16.9 Å². The number of hydrogen-bond acceptors (Lipinski definition) is 4. The number of ether oxygens (including phenoxy) is 3. The van der Waals surface area contributed by atoms with E-state index in [2.05, 4.69) is 6.07 Å². The van der Waals surface area contributed by atoms with Crippen molar-refractivity contribution in [3.63, 3.8) is 0 Å². The van der Waals surface area contributed by atoms with Gasteiger partial charge in [0, 0.05) is 5.56 Å². The quantitative estimate of drug-likeness (QED) is 0.622. The van der Waals surface area contributed by atoms with E-state index < -0.39 is 0 Å². The molecule has 0 radical (unpaired) electrons. The van der Waals surface area contributed by atoms with Crippen molar-refractivity contribution in [2.75, 3.05) is 21.3 Å². The third-order valence-electron chi connectivity index (χ3n) is 3.25. The Balaban J connectivity index is 2.47. The topological polar surface area (TPSA) is 51.5 Å². The van der Waals surface area contributed by atoms with Gasteiger partial charge in [-0.2, -0.15) is 5.26 Å². The predicted molar refractivity (Wildman–Crippen MR) is 86.0 cm³/mol. The molecule has 0 aliphatic rings. The Kier molecular flexibility index (Phi) is 5.05. The van der Waals surface area contributed by atoms with E-state index in [0.29, 0.717) is 17.1 Å². The standard InChI is InChI=1S/C18H17NO3/c1-20-16-9-7-13(8-10-16)15(12-19)11-14-5-4-6-17(21-2)18(14)22-3/h4-11H,1-3H3/b15-11-. The van der Waals surface area contributed by atoms with Gasteiger partial charge in [-0.05, 0) is 42.0 Å². The van der Waals surface area contributed by atoms with Crippen LogP contribution in [0.1, 0.15) is 11.1 Å². The summed E-state index contributed by atoms with van der Waals surface area (Å²) in [6.45, 7) is 0. The van der Waals surface area contributed by atoms with Crippen molar-refractivity contribution in [1.82, 2.24) is 0 Å². The van der Waals surface area contributed by atoms with Crippen molar-refractivity contribution < 1.29 is 14.2 Å². The first-order valence-electron chi connectivity index (χ1n) is 6.70. The molecule has 112 valence electrons. The summed E-state index contributed by atoms with van der Waals surface area (Å²) in [5, 5.41) is 9.44. The SMILES string of the molecule is COc1ccc(/C(C#N)=C\c2cccc(OC)c2OC)cc1. The van der Waals surface area contributed by atoms with Crippen molar-refractivity contribution in [3.05, 3.63) is 53.6 Å². The molecule has 0 amide bonds. The number of benzene rings is 2. The van der Waals surface area contributed by atoms with E-state index >= 15 is 0 Å². The number of para-hydroxylation sites is 1. The zero-order valence-electron chi connectivity index (χ0n) is 12.8. The highest BCUT2D eigenvalue weighted by Crippen LogP contribution is 2.33. The molecule has 0 fully saturated rings. The Morgan fingerprint density at radius 3 is 2.23 bits per heavy atom. The average Bonchev–Trinajstić information content (AvgIpc) is 2.59. The van der Waals surface area contributed by atoms with E-state index in [1.807, 2.05) is 42.5 Å². The zero-order chi connectivity index (χ0) is 15.9. The summed E-state index contributed by atoms with van der Waals surface area (Å²) in [6.07, 6.45) is 1.78. The summed E-state index contributed by atoms with van der Waals surface area (Å²) < 4.78 is 15.8. The summed E-state index contributed by atoms with van der Waals surface area (Å²) in [6, 6.07) is 15.1. The first kappa shape index (κ1) is 15.5. The first-order chi connectivity index (χ1) is 10.7. The molecule has 22 heavy (non-hydrogen) atoms. The van der Waals surface area contributed by atoms with Gasteiger partial charge in [0.25, 0.3) is 0 Å². The van der Waals surface area contributed by atoms with Gasteiger partial charge in [0.05, 0.1) is 33.0 Å². The Bertz CT molecular complexity index is 712. The largest absolute Gasteiger partial charge is 0.497 e. The van der Waals surface area contributed by atoms with Gasteiger partial charge in [-0.3, -0.25) is 0 Å². The molecule has 2 aromatic carbocycles. The second-order valence-corrected chi connectivity index (χ2v) is 4.48. The molecule has 4 heteroatoms. The molecule has 0 atom stereocenters. The molecule has 2 aromatic rings. The van der Waals surface area contributed by atoms with Crippen LogP contribution in [0.4, 0.5) is 0 Å². The second-order valence-electron chi connectivity index (χ2n) is 4.48. The van der Waals surface area contributed by atoms with Crippen LogP contribution in [-0.4, -0.2) is 21.3 Å². The normalized spacial score (nSPS) is 10.7. The molecule has 0 aliphatic heterocycles. The molecule has 2 rings (SSSR count). The Hall–Kier alpha value is -2.93. The summed E-state index contributed by atoms with van der Waals surface area (Å²) >= 11 is 0. The van der Waals surface area contributed by atoms with Gasteiger partial charge in [-0.1, -0.05) is 12.1 Å². The van der Waals surface area contributed by atoms with Crippen molar-refractivity contribution >= 4 is 11.6 Å². The number of hydrogen-bond donors (Lipinski definition) is 0. The molecule has 0 N–H and O–H groups in total. The third-order valence-corrected chi connectivity index (χ3v) is 3.25. The lowest BCUT2D eigenvalue weighted by Gasteiger charge is -2.10. The summed E-state index contributed by atoms with van der Waals surface area (Å²) in [4.78, 5) is 0. The van der Waals surface area contributed by atoms with Crippen molar-refractivity contribution in [1.29, 1.82) is 5.26 Å². The minimum Gasteiger partial charge on any atom is -0.497 e. The maximum Gasteiger partial charge on any atom is 0.167 e. The molecule has 4 nitrogen and oxygen atoms in total. The van der Waals surface area contributed by atoms with Crippen LogP contribution in [-0.2, 0) is 0 Å². The molecular formula is C18H17NO3. The second kappa shape index (κ2) is 7.19. The van der Waals surface area contributed by atoms with Crippen molar-refractivity contribution in [3.8, 4) is 23.3 Å². The van der Waals surface area contributed by atoms with Crippen LogP contribution < -0.4 is 14.2 Å². The van der Waals surface area contributed by atoms with Crippen molar-refractivity contribution in [2.45, 2.75) is 0 Å². The minimum absolute atomic E-state index is 0.536. The van der Waals surface area contributed by atoms with Gasteiger partial charge in [-0.25, -0.2) is 0 Å². The molecule has 0 aromatic heterocycles. The van der Waals surface area contributed by atoms with Gasteiger partial charge in [-0.15, -0.1) is 0 Å². The maximum absolute atomic E-state index is 9.44. The van der Waals surface area contributed by atoms with Crippen LogP contribution >= 0.6 is 0 Å². The van der Waals surface area contributed by atoms with Crippen LogP contribution in [0.25, 0.3) is 11.6 Å². The molecule has 0 bridgehead atoms. The highest BCUT2D eigenvalue weighted by Gasteiger charge is 2.09. The van der Waals surface area contributed by atoms with Crippen LogP contribution in [0, 0.1) is 11.3 Å². The lowest BCUT2D eigenvalue weighted by atomic mass is 10.0. The van der Waals surface area contributed by atoms with Crippen LogP contribution in [0.3, 0.4) is 0 Å². The summed E-state index contributed by atoms with van der Waals surface area (Å²) in [5.74, 6) is 1.98. The molecule has 0 saturated carbocycles. The van der Waals surface area contributed by atoms with Gasteiger partial charge < -0.3 is 14.2 Å². The molecule has 0 saturated heterocycles. The lowest BCUT2D eigenvalue weighted by Crippen LogP contribution is -1.93. The number of nitrogens with zero attached hydrogens (tertiary/aromatic N) is 1. The molecular weight excluding hydrogens is 278 g/mol. The lowest BCUT2D eigenvalue weighted by molar-refractivity contribution is 0.354. The van der Waals surface area contributed by atoms with Gasteiger partial charge in [0.1, 0.15) is 5.75 Å². The minimum atomic E-state index is 0.536. The Morgan fingerprint density at radius 1 is 0.955 bits per heavy atom. The monoisotopic (exact) mass is 295 g/mol. The number of allylic oxidation sites excluding steroid dienone is 1. The Morgan fingerprint density at radius 2 is 1.68 bits per heavy atom. The molecule has 0 spiro atoms. The summed E-state index contributed by atoms with van der Waals surface area (Å²) in [5.41, 5.74) is 2.14. The fourth-order valence-corrected chi connectivity index (χ4v) is 2.13. The van der Waals surface area contributed by atoms with Gasteiger partial charge in [0.2, 0.25) is 0 Å². The molecule has 0 unspecified atom stereocenters. The average molecular weight is 295 g/mol.